The van der Waals surface area contributed by atoms with Gasteiger partial charge in [0, 0.05) is 22.5 Å². The van der Waals surface area contributed by atoms with E-state index in [1.165, 1.54) is 5.56 Å². The first-order valence-electron chi connectivity index (χ1n) is 6.67. The summed E-state index contributed by atoms with van der Waals surface area (Å²) >= 11 is 7.05. The molecule has 106 valence electrons. The quantitative estimate of drug-likeness (QED) is 0.747. The van der Waals surface area contributed by atoms with Gasteiger partial charge in [0.2, 0.25) is 0 Å². The molecule has 0 amide bonds. The van der Waals surface area contributed by atoms with Crippen LogP contribution in [0.25, 0.3) is 0 Å². The lowest BCUT2D eigenvalue weighted by molar-refractivity contribution is 0.574. The highest BCUT2D eigenvalue weighted by Gasteiger charge is 2.24. The van der Waals surface area contributed by atoms with Crippen LogP contribution in [-0.4, -0.2) is 22.5 Å². The first kappa shape index (κ1) is 16.3. The molecule has 0 saturated heterocycles. The molecule has 0 unspecified atom stereocenters. The molecule has 4 heteroatoms. The zero-order valence-corrected chi connectivity index (χ0v) is 13.9. The Kier molecular flexibility index (Phi) is 6.14. The number of thiocarbonyl (C=S) groups is 1. The summed E-state index contributed by atoms with van der Waals surface area (Å²) in [5.74, 6) is 0. The molecule has 0 saturated carbocycles. The molecular weight excluding hydrogens is 272 g/mol. The molecule has 2 nitrogen and oxygen atoms in total. The fourth-order valence-electron chi connectivity index (χ4n) is 2.14. The molecule has 0 bridgehead atoms. The standard InChI is InChI=1S/C15H24N2S2/c1-5-15(6-2,19-4)10-17-13-9-11(3)7-8-12(13)14(16)18/h7-9,17H,5-6,10H2,1-4H3,(H2,16,18). The normalized spacial score (nSPS) is 11.4. The fourth-order valence-corrected chi connectivity index (χ4v) is 3.11. The maximum Gasteiger partial charge on any atom is 0.106 e. The average Bonchev–Trinajstić information content (AvgIpc) is 2.40. The van der Waals surface area contributed by atoms with Crippen molar-refractivity contribution in [1.29, 1.82) is 0 Å². The lowest BCUT2D eigenvalue weighted by atomic mass is 10.0. The second-order valence-electron chi connectivity index (χ2n) is 4.86. The van der Waals surface area contributed by atoms with Gasteiger partial charge >= 0.3 is 0 Å². The summed E-state index contributed by atoms with van der Waals surface area (Å²) in [6.45, 7) is 7.50. The van der Waals surface area contributed by atoms with E-state index in [2.05, 4.69) is 38.4 Å². The molecule has 19 heavy (non-hydrogen) atoms. The lowest BCUT2D eigenvalue weighted by Crippen LogP contribution is -2.32. The molecule has 0 aliphatic heterocycles. The van der Waals surface area contributed by atoms with Gasteiger partial charge in [0.25, 0.3) is 0 Å². The molecule has 0 radical (unpaired) electrons. The summed E-state index contributed by atoms with van der Waals surface area (Å²) in [5, 5.41) is 3.54. The van der Waals surface area contributed by atoms with Crippen LogP contribution in [-0.2, 0) is 0 Å². The molecule has 0 aromatic heterocycles. The number of anilines is 1. The lowest BCUT2D eigenvalue weighted by Gasteiger charge is -2.30. The van der Waals surface area contributed by atoms with E-state index in [1.54, 1.807) is 0 Å². The van der Waals surface area contributed by atoms with Gasteiger partial charge in [-0.1, -0.05) is 32.1 Å². The molecule has 3 N–H and O–H groups in total. The van der Waals surface area contributed by atoms with Gasteiger partial charge in [0.15, 0.2) is 0 Å². The number of nitrogens with one attached hydrogen (secondary N) is 1. The molecule has 1 aromatic rings. The number of benzene rings is 1. The van der Waals surface area contributed by atoms with E-state index >= 15 is 0 Å². The topological polar surface area (TPSA) is 38.0 Å². The van der Waals surface area contributed by atoms with E-state index in [9.17, 15) is 0 Å². The SMILES string of the molecule is CCC(CC)(CNc1cc(C)ccc1C(N)=S)SC. The van der Waals surface area contributed by atoms with Crippen molar-refractivity contribution < 1.29 is 0 Å². The average molecular weight is 297 g/mol. The molecule has 0 heterocycles. The fraction of sp³-hybridized carbons (Fsp3) is 0.533. The van der Waals surface area contributed by atoms with Crippen LogP contribution in [0.15, 0.2) is 18.2 Å². The summed E-state index contributed by atoms with van der Waals surface area (Å²) in [4.78, 5) is 0.449. The van der Waals surface area contributed by atoms with Crippen LogP contribution in [0.4, 0.5) is 5.69 Å². The van der Waals surface area contributed by atoms with Crippen molar-refractivity contribution in [3.05, 3.63) is 29.3 Å². The highest BCUT2D eigenvalue weighted by molar-refractivity contribution is 8.00. The summed E-state index contributed by atoms with van der Waals surface area (Å²) in [6.07, 6.45) is 4.47. The van der Waals surface area contributed by atoms with Gasteiger partial charge in [-0.3, -0.25) is 0 Å². The maximum absolute atomic E-state index is 5.79. The van der Waals surface area contributed by atoms with Crippen LogP contribution < -0.4 is 11.1 Å². The monoisotopic (exact) mass is 296 g/mol. The third kappa shape index (κ3) is 4.11. The third-order valence-electron chi connectivity index (χ3n) is 3.76. The van der Waals surface area contributed by atoms with Gasteiger partial charge in [-0.2, -0.15) is 11.8 Å². The van der Waals surface area contributed by atoms with Crippen molar-refractivity contribution in [3.8, 4) is 0 Å². The zero-order chi connectivity index (χ0) is 14.5. The highest BCUT2D eigenvalue weighted by Crippen LogP contribution is 2.31. The molecule has 0 aliphatic rings. The minimum absolute atomic E-state index is 0.275. The second kappa shape index (κ2) is 7.15. The summed E-state index contributed by atoms with van der Waals surface area (Å²) in [5.41, 5.74) is 8.98. The molecule has 0 fully saturated rings. The Morgan fingerprint density at radius 1 is 1.37 bits per heavy atom. The van der Waals surface area contributed by atoms with E-state index in [0.29, 0.717) is 4.99 Å². The van der Waals surface area contributed by atoms with Crippen molar-refractivity contribution in [1.82, 2.24) is 0 Å². The van der Waals surface area contributed by atoms with E-state index < -0.39 is 0 Å². The van der Waals surface area contributed by atoms with Gasteiger partial charge in [0.1, 0.15) is 4.99 Å². The highest BCUT2D eigenvalue weighted by atomic mass is 32.2. The Labute approximate surface area is 126 Å². The van der Waals surface area contributed by atoms with Crippen LogP contribution in [0.3, 0.4) is 0 Å². The van der Waals surface area contributed by atoms with Gasteiger partial charge < -0.3 is 11.1 Å². The molecule has 0 aliphatic carbocycles. The number of rotatable bonds is 7. The van der Waals surface area contributed by atoms with E-state index in [4.69, 9.17) is 18.0 Å². The number of thioether (sulfide) groups is 1. The van der Waals surface area contributed by atoms with Crippen LogP contribution in [0.2, 0.25) is 0 Å². The van der Waals surface area contributed by atoms with Gasteiger partial charge in [-0.25, -0.2) is 0 Å². The van der Waals surface area contributed by atoms with Crippen molar-refractivity contribution in [2.75, 3.05) is 18.1 Å². The van der Waals surface area contributed by atoms with Crippen molar-refractivity contribution >= 4 is 34.7 Å². The Morgan fingerprint density at radius 2 is 2.00 bits per heavy atom. The maximum atomic E-state index is 5.79. The van der Waals surface area contributed by atoms with Gasteiger partial charge in [0.05, 0.1) is 0 Å². The largest absolute Gasteiger partial charge is 0.389 e. The predicted molar refractivity (Wildman–Crippen MR) is 92.4 cm³/mol. The smallest absolute Gasteiger partial charge is 0.106 e. The zero-order valence-electron chi connectivity index (χ0n) is 12.2. The Hall–Kier alpha value is -0.740. The minimum Gasteiger partial charge on any atom is -0.389 e. The van der Waals surface area contributed by atoms with Crippen molar-refractivity contribution in [2.45, 2.75) is 38.4 Å². The van der Waals surface area contributed by atoms with Gasteiger partial charge in [-0.15, -0.1) is 0 Å². The van der Waals surface area contributed by atoms with E-state index in [1.807, 2.05) is 23.9 Å². The molecule has 0 atom stereocenters. The number of hydrogen-bond acceptors (Lipinski definition) is 3. The first-order chi connectivity index (χ1) is 8.98. The van der Waals surface area contributed by atoms with Crippen molar-refractivity contribution in [2.24, 2.45) is 5.73 Å². The molecule has 1 aromatic carbocycles. The molecule has 1 rings (SSSR count). The Balaban J connectivity index is 2.93. The van der Waals surface area contributed by atoms with E-state index in [0.717, 1.165) is 30.6 Å². The van der Waals surface area contributed by atoms with Crippen LogP contribution in [0, 0.1) is 6.92 Å². The van der Waals surface area contributed by atoms with E-state index in [-0.39, 0.29) is 4.75 Å². The predicted octanol–water partition coefficient (Wildman–Crippen LogP) is 3.96. The Bertz CT molecular complexity index is 432. The number of nitrogens with two attached hydrogens (primary N) is 1. The molecular formula is C15H24N2S2. The van der Waals surface area contributed by atoms with Crippen molar-refractivity contribution in [3.63, 3.8) is 0 Å². The van der Waals surface area contributed by atoms with Crippen LogP contribution in [0.1, 0.15) is 37.8 Å². The van der Waals surface area contributed by atoms with Crippen LogP contribution >= 0.6 is 24.0 Å². The Morgan fingerprint density at radius 3 is 2.47 bits per heavy atom. The molecule has 0 spiro atoms. The number of aryl methyl sites for hydroxylation is 1. The summed E-state index contributed by atoms with van der Waals surface area (Å²) in [7, 11) is 0. The van der Waals surface area contributed by atoms with Crippen LogP contribution in [0.5, 0.6) is 0 Å². The summed E-state index contributed by atoms with van der Waals surface area (Å²) < 4.78 is 0.275. The summed E-state index contributed by atoms with van der Waals surface area (Å²) in [6, 6.07) is 6.16. The first-order valence-corrected chi connectivity index (χ1v) is 8.30. The number of hydrogen-bond donors (Lipinski definition) is 2. The minimum atomic E-state index is 0.275. The second-order valence-corrected chi connectivity index (χ2v) is 6.58. The van der Waals surface area contributed by atoms with Gasteiger partial charge in [-0.05, 0) is 43.7 Å². The third-order valence-corrected chi connectivity index (χ3v) is 5.57.